The Balaban J connectivity index is 2.24. The molecule has 1 aromatic carbocycles. The van der Waals surface area contributed by atoms with Gasteiger partial charge in [0.25, 0.3) is 0 Å². The Hall–Kier alpha value is -2.10. The van der Waals surface area contributed by atoms with Crippen LogP contribution in [0.15, 0.2) is 24.4 Å². The third-order valence-electron chi connectivity index (χ3n) is 2.01. The van der Waals surface area contributed by atoms with Gasteiger partial charge in [-0.25, -0.2) is 0 Å². The number of halogens is 2. The standard InChI is InChI=1S/C10H6Cl2N6/c11-7-1-2-8(12)9(3-7)14-5-6(4-13)10-15-17-18-16-10/h1-3,5,14H,(H,15,16,17,18). The van der Waals surface area contributed by atoms with Gasteiger partial charge in [-0.1, -0.05) is 23.2 Å². The molecule has 2 N–H and O–H groups in total. The Morgan fingerprint density at radius 3 is 2.94 bits per heavy atom. The Kier molecular flexibility index (Phi) is 3.77. The van der Waals surface area contributed by atoms with Crippen LogP contribution in [0.2, 0.25) is 10.0 Å². The minimum Gasteiger partial charge on any atom is -0.359 e. The van der Waals surface area contributed by atoms with Gasteiger partial charge >= 0.3 is 0 Å². The normalized spacial score (nSPS) is 11.1. The lowest BCUT2D eigenvalue weighted by atomic mass is 10.3. The maximum Gasteiger partial charge on any atom is 0.216 e. The van der Waals surface area contributed by atoms with Gasteiger partial charge in [0.1, 0.15) is 11.6 Å². The van der Waals surface area contributed by atoms with Crippen molar-refractivity contribution in [2.24, 2.45) is 0 Å². The number of nitrogens with zero attached hydrogens (tertiary/aromatic N) is 4. The maximum absolute atomic E-state index is 8.96. The molecule has 0 atom stereocenters. The van der Waals surface area contributed by atoms with E-state index in [2.05, 4.69) is 25.9 Å². The molecule has 0 spiro atoms. The van der Waals surface area contributed by atoms with Crippen molar-refractivity contribution in [1.29, 1.82) is 5.26 Å². The summed E-state index contributed by atoms with van der Waals surface area (Å²) >= 11 is 11.8. The number of hydrogen-bond donors (Lipinski definition) is 2. The van der Waals surface area contributed by atoms with Gasteiger partial charge in [-0.05, 0) is 23.4 Å². The van der Waals surface area contributed by atoms with E-state index in [1.807, 2.05) is 6.07 Å². The molecule has 0 saturated carbocycles. The molecule has 90 valence electrons. The number of aromatic amines is 1. The van der Waals surface area contributed by atoms with Crippen molar-refractivity contribution in [2.45, 2.75) is 0 Å². The zero-order valence-corrected chi connectivity index (χ0v) is 10.4. The summed E-state index contributed by atoms with van der Waals surface area (Å²) in [6.45, 7) is 0. The summed E-state index contributed by atoms with van der Waals surface area (Å²) in [5.74, 6) is 0.197. The summed E-state index contributed by atoms with van der Waals surface area (Å²) in [5, 5.41) is 25.9. The van der Waals surface area contributed by atoms with Crippen LogP contribution in [-0.4, -0.2) is 20.6 Å². The minimum atomic E-state index is 0.197. The Morgan fingerprint density at radius 1 is 1.44 bits per heavy atom. The summed E-state index contributed by atoms with van der Waals surface area (Å²) < 4.78 is 0. The van der Waals surface area contributed by atoms with Crippen LogP contribution < -0.4 is 5.32 Å². The SMILES string of the molecule is N#CC(=CNc1cc(Cl)ccc1Cl)c1nn[nH]n1. The summed E-state index contributed by atoms with van der Waals surface area (Å²) in [4.78, 5) is 0. The zero-order chi connectivity index (χ0) is 13.0. The molecule has 0 fully saturated rings. The van der Waals surface area contributed by atoms with Crippen molar-refractivity contribution in [3.8, 4) is 6.07 Å². The molecule has 0 radical (unpaired) electrons. The van der Waals surface area contributed by atoms with Crippen molar-refractivity contribution in [3.63, 3.8) is 0 Å². The predicted octanol–water partition coefficient (Wildman–Crippen LogP) is 2.48. The first kappa shape index (κ1) is 12.4. The van der Waals surface area contributed by atoms with Crippen LogP contribution in [0, 0.1) is 11.3 Å². The number of anilines is 1. The van der Waals surface area contributed by atoms with E-state index in [0.29, 0.717) is 15.7 Å². The fraction of sp³-hybridized carbons (Fsp3) is 0. The molecule has 18 heavy (non-hydrogen) atoms. The number of rotatable bonds is 3. The van der Waals surface area contributed by atoms with Crippen LogP contribution in [0.1, 0.15) is 5.82 Å². The van der Waals surface area contributed by atoms with Crippen LogP contribution in [0.25, 0.3) is 5.57 Å². The van der Waals surface area contributed by atoms with Gasteiger partial charge in [0.05, 0.1) is 10.7 Å². The second-order valence-electron chi connectivity index (χ2n) is 3.17. The average Bonchev–Trinajstić information content (AvgIpc) is 2.88. The number of tetrazole rings is 1. The topological polar surface area (TPSA) is 90.3 Å². The van der Waals surface area contributed by atoms with Crippen LogP contribution in [0.5, 0.6) is 0 Å². The Labute approximate surface area is 112 Å². The second-order valence-corrected chi connectivity index (χ2v) is 4.02. The fourth-order valence-corrected chi connectivity index (χ4v) is 1.52. The molecule has 0 amide bonds. The van der Waals surface area contributed by atoms with Gasteiger partial charge in [0, 0.05) is 11.2 Å². The number of hydrogen-bond acceptors (Lipinski definition) is 5. The van der Waals surface area contributed by atoms with Gasteiger partial charge in [-0.15, -0.1) is 10.2 Å². The maximum atomic E-state index is 8.96. The van der Waals surface area contributed by atoms with Crippen molar-refractivity contribution < 1.29 is 0 Å². The van der Waals surface area contributed by atoms with Gasteiger partial charge in [0.2, 0.25) is 5.82 Å². The molecule has 1 aromatic heterocycles. The summed E-state index contributed by atoms with van der Waals surface area (Å²) in [6.07, 6.45) is 1.43. The van der Waals surface area contributed by atoms with Crippen LogP contribution in [0.4, 0.5) is 5.69 Å². The molecule has 2 rings (SSSR count). The molecule has 0 bridgehead atoms. The molecule has 2 aromatic rings. The van der Waals surface area contributed by atoms with Crippen molar-refractivity contribution in [3.05, 3.63) is 40.3 Å². The zero-order valence-electron chi connectivity index (χ0n) is 8.85. The first-order valence-corrected chi connectivity index (χ1v) is 5.52. The van der Waals surface area contributed by atoms with E-state index in [-0.39, 0.29) is 11.4 Å². The smallest absolute Gasteiger partial charge is 0.216 e. The molecule has 6 nitrogen and oxygen atoms in total. The summed E-state index contributed by atoms with van der Waals surface area (Å²) in [5.41, 5.74) is 0.806. The number of benzene rings is 1. The molecule has 8 heteroatoms. The van der Waals surface area contributed by atoms with Crippen molar-refractivity contribution >= 4 is 34.5 Å². The van der Waals surface area contributed by atoms with E-state index in [1.54, 1.807) is 18.2 Å². The van der Waals surface area contributed by atoms with Gasteiger partial charge < -0.3 is 5.32 Å². The molecule has 0 aliphatic carbocycles. The Bertz CT molecular complexity index is 614. The van der Waals surface area contributed by atoms with E-state index >= 15 is 0 Å². The highest BCUT2D eigenvalue weighted by Gasteiger charge is 2.06. The largest absolute Gasteiger partial charge is 0.359 e. The lowest BCUT2D eigenvalue weighted by molar-refractivity contribution is 0.881. The number of H-pyrrole nitrogens is 1. The number of allylic oxidation sites excluding steroid dienone is 1. The van der Waals surface area contributed by atoms with Crippen LogP contribution in [-0.2, 0) is 0 Å². The highest BCUT2D eigenvalue weighted by Crippen LogP contribution is 2.25. The number of aromatic nitrogens is 4. The number of nitrogens with one attached hydrogen (secondary N) is 2. The van der Waals surface area contributed by atoms with E-state index in [4.69, 9.17) is 28.5 Å². The second kappa shape index (κ2) is 5.49. The monoisotopic (exact) mass is 280 g/mol. The molecule has 0 unspecified atom stereocenters. The van der Waals surface area contributed by atoms with Crippen molar-refractivity contribution in [2.75, 3.05) is 5.32 Å². The van der Waals surface area contributed by atoms with Gasteiger partial charge in [0.15, 0.2) is 0 Å². The average molecular weight is 281 g/mol. The van der Waals surface area contributed by atoms with E-state index in [9.17, 15) is 0 Å². The third-order valence-corrected chi connectivity index (χ3v) is 2.57. The fourth-order valence-electron chi connectivity index (χ4n) is 1.18. The summed E-state index contributed by atoms with van der Waals surface area (Å²) in [7, 11) is 0. The molecule has 0 saturated heterocycles. The van der Waals surface area contributed by atoms with Gasteiger partial charge in [-0.2, -0.15) is 10.5 Å². The van der Waals surface area contributed by atoms with E-state index < -0.39 is 0 Å². The highest BCUT2D eigenvalue weighted by atomic mass is 35.5. The summed E-state index contributed by atoms with van der Waals surface area (Å²) in [6, 6.07) is 6.91. The lowest BCUT2D eigenvalue weighted by Crippen LogP contribution is -1.93. The molecule has 0 aliphatic heterocycles. The molecule has 0 aliphatic rings. The Morgan fingerprint density at radius 2 is 2.28 bits per heavy atom. The molecular weight excluding hydrogens is 275 g/mol. The quantitative estimate of drug-likeness (QED) is 0.843. The van der Waals surface area contributed by atoms with E-state index in [0.717, 1.165) is 0 Å². The van der Waals surface area contributed by atoms with Crippen LogP contribution >= 0.6 is 23.2 Å². The van der Waals surface area contributed by atoms with Crippen molar-refractivity contribution in [1.82, 2.24) is 20.6 Å². The third kappa shape index (κ3) is 2.77. The van der Waals surface area contributed by atoms with Gasteiger partial charge in [-0.3, -0.25) is 0 Å². The molecule has 1 heterocycles. The lowest BCUT2D eigenvalue weighted by Gasteiger charge is -2.04. The first-order valence-electron chi connectivity index (χ1n) is 4.76. The first-order chi connectivity index (χ1) is 8.70. The number of nitriles is 1. The van der Waals surface area contributed by atoms with E-state index in [1.165, 1.54) is 6.20 Å². The minimum absolute atomic E-state index is 0.197. The predicted molar refractivity (Wildman–Crippen MR) is 67.9 cm³/mol. The highest BCUT2D eigenvalue weighted by molar-refractivity contribution is 6.35. The van der Waals surface area contributed by atoms with Crippen LogP contribution in [0.3, 0.4) is 0 Å². The molecular formula is C10H6Cl2N6.